The number of pyridine rings is 1. The normalized spacial score (nSPS) is 21.0. The van der Waals surface area contributed by atoms with Gasteiger partial charge in [-0.2, -0.15) is 0 Å². The summed E-state index contributed by atoms with van der Waals surface area (Å²) in [7, 11) is 1.55. The standard InChI is InChI=1S/C20H23N3O4/c1-25-18-11-14(22-20(24)12-5-6-13(21)9-12)10-16(23-18)15-3-2-4-17-19(15)27-8-7-26-17/h2-4,10-13H,5-9,21H2,1H3,(H,22,23,24)/t12?,13-/m0/s1. The van der Waals surface area contributed by atoms with Crippen LogP contribution in [0.3, 0.4) is 0 Å². The molecule has 7 nitrogen and oxygen atoms in total. The monoisotopic (exact) mass is 369 g/mol. The molecule has 0 spiro atoms. The molecule has 1 fully saturated rings. The van der Waals surface area contributed by atoms with Crippen molar-refractivity contribution in [1.29, 1.82) is 0 Å². The summed E-state index contributed by atoms with van der Waals surface area (Å²) >= 11 is 0. The molecule has 27 heavy (non-hydrogen) atoms. The highest BCUT2D eigenvalue weighted by atomic mass is 16.6. The van der Waals surface area contributed by atoms with E-state index in [1.807, 2.05) is 24.3 Å². The number of nitrogens with two attached hydrogens (primary N) is 1. The van der Waals surface area contributed by atoms with Crippen molar-refractivity contribution in [2.45, 2.75) is 25.3 Å². The molecule has 1 amide bonds. The Hall–Kier alpha value is -2.80. The highest BCUT2D eigenvalue weighted by Gasteiger charge is 2.28. The lowest BCUT2D eigenvalue weighted by Crippen LogP contribution is -2.23. The molecule has 1 aromatic carbocycles. The van der Waals surface area contributed by atoms with Gasteiger partial charge in [-0.25, -0.2) is 4.98 Å². The average molecular weight is 369 g/mol. The highest BCUT2D eigenvalue weighted by molar-refractivity contribution is 5.93. The molecule has 1 unspecified atom stereocenters. The maximum Gasteiger partial charge on any atom is 0.227 e. The van der Waals surface area contributed by atoms with Crippen LogP contribution in [0.25, 0.3) is 11.3 Å². The highest BCUT2D eigenvalue weighted by Crippen LogP contribution is 2.40. The Balaban J connectivity index is 1.65. The molecule has 2 aliphatic rings. The summed E-state index contributed by atoms with van der Waals surface area (Å²) in [5.74, 6) is 1.69. The van der Waals surface area contributed by atoms with Crippen molar-refractivity contribution in [3.8, 4) is 28.6 Å². The zero-order valence-corrected chi connectivity index (χ0v) is 15.2. The number of rotatable bonds is 4. The smallest absolute Gasteiger partial charge is 0.227 e. The van der Waals surface area contributed by atoms with Gasteiger partial charge < -0.3 is 25.3 Å². The van der Waals surface area contributed by atoms with E-state index in [9.17, 15) is 4.79 Å². The van der Waals surface area contributed by atoms with Gasteiger partial charge >= 0.3 is 0 Å². The van der Waals surface area contributed by atoms with Crippen LogP contribution in [0.4, 0.5) is 5.69 Å². The third kappa shape index (κ3) is 3.68. The van der Waals surface area contributed by atoms with E-state index in [4.69, 9.17) is 19.9 Å². The topological polar surface area (TPSA) is 95.7 Å². The first-order valence-corrected chi connectivity index (χ1v) is 9.15. The largest absolute Gasteiger partial charge is 0.486 e. The average Bonchev–Trinajstić information content (AvgIpc) is 3.13. The number of anilines is 1. The van der Waals surface area contributed by atoms with E-state index < -0.39 is 0 Å². The molecular formula is C20H23N3O4. The summed E-state index contributed by atoms with van der Waals surface area (Å²) in [6, 6.07) is 9.31. The molecule has 3 N–H and O–H groups in total. The summed E-state index contributed by atoms with van der Waals surface area (Å²) in [5, 5.41) is 2.98. The second-order valence-corrected chi connectivity index (χ2v) is 6.87. The van der Waals surface area contributed by atoms with Crippen molar-refractivity contribution < 1.29 is 19.0 Å². The van der Waals surface area contributed by atoms with Crippen LogP contribution in [0.15, 0.2) is 30.3 Å². The van der Waals surface area contributed by atoms with E-state index in [2.05, 4.69) is 10.3 Å². The van der Waals surface area contributed by atoms with E-state index in [0.717, 1.165) is 24.8 Å². The second-order valence-electron chi connectivity index (χ2n) is 6.87. The molecule has 142 valence electrons. The van der Waals surface area contributed by atoms with Gasteiger partial charge in [0.15, 0.2) is 11.5 Å². The maximum absolute atomic E-state index is 12.6. The van der Waals surface area contributed by atoms with Crippen molar-refractivity contribution in [1.82, 2.24) is 4.98 Å². The Morgan fingerprint density at radius 2 is 2.11 bits per heavy atom. The molecule has 4 rings (SSSR count). The number of benzene rings is 1. The number of methoxy groups -OCH3 is 1. The van der Waals surface area contributed by atoms with Gasteiger partial charge in [0.05, 0.1) is 12.8 Å². The quantitative estimate of drug-likeness (QED) is 0.860. The van der Waals surface area contributed by atoms with Gasteiger partial charge in [-0.15, -0.1) is 0 Å². The minimum atomic E-state index is -0.0520. The molecule has 0 saturated heterocycles. The third-order valence-corrected chi connectivity index (χ3v) is 4.96. The lowest BCUT2D eigenvalue weighted by molar-refractivity contribution is -0.119. The molecule has 1 aromatic heterocycles. The number of fused-ring (bicyclic) bond motifs is 1. The van der Waals surface area contributed by atoms with Crippen molar-refractivity contribution in [3.63, 3.8) is 0 Å². The molecule has 7 heteroatoms. The Morgan fingerprint density at radius 1 is 1.26 bits per heavy atom. The van der Waals surface area contributed by atoms with Gasteiger partial charge in [-0.1, -0.05) is 6.07 Å². The third-order valence-electron chi connectivity index (χ3n) is 4.96. The molecule has 1 saturated carbocycles. The summed E-state index contributed by atoms with van der Waals surface area (Å²) in [6.07, 6.45) is 2.42. The van der Waals surface area contributed by atoms with Crippen LogP contribution < -0.4 is 25.3 Å². The number of nitrogens with one attached hydrogen (secondary N) is 1. The Labute approximate surface area is 157 Å². The minimum Gasteiger partial charge on any atom is -0.486 e. The minimum absolute atomic E-state index is 0.0168. The van der Waals surface area contributed by atoms with Gasteiger partial charge in [-0.05, 0) is 37.5 Å². The number of hydrogen-bond donors (Lipinski definition) is 2. The number of aromatic nitrogens is 1. The first kappa shape index (κ1) is 17.6. The summed E-state index contributed by atoms with van der Waals surface area (Å²) in [5.41, 5.74) is 8.01. The molecule has 1 aliphatic heterocycles. The number of para-hydroxylation sites is 1. The van der Waals surface area contributed by atoms with Gasteiger partial charge in [0, 0.05) is 29.3 Å². The number of carbonyl (C=O) groups excluding carboxylic acids is 1. The number of carbonyl (C=O) groups is 1. The predicted octanol–water partition coefficient (Wildman–Crippen LogP) is 2.59. The summed E-state index contributed by atoms with van der Waals surface area (Å²) in [4.78, 5) is 17.1. The van der Waals surface area contributed by atoms with Crippen LogP contribution >= 0.6 is 0 Å². The number of amides is 1. The molecule has 1 aliphatic carbocycles. The van der Waals surface area contributed by atoms with Crippen LogP contribution in [0, 0.1) is 5.92 Å². The van der Waals surface area contributed by atoms with E-state index in [-0.39, 0.29) is 17.9 Å². The lowest BCUT2D eigenvalue weighted by Gasteiger charge is -2.21. The van der Waals surface area contributed by atoms with Crippen molar-refractivity contribution in [3.05, 3.63) is 30.3 Å². The first-order valence-electron chi connectivity index (χ1n) is 9.15. The molecule has 2 atom stereocenters. The number of hydrogen-bond acceptors (Lipinski definition) is 6. The van der Waals surface area contributed by atoms with Crippen LogP contribution in [0.1, 0.15) is 19.3 Å². The van der Waals surface area contributed by atoms with Gasteiger partial charge in [0.2, 0.25) is 11.8 Å². The number of nitrogens with zero attached hydrogens (tertiary/aromatic N) is 1. The van der Waals surface area contributed by atoms with E-state index in [1.165, 1.54) is 0 Å². The number of ether oxygens (including phenoxy) is 3. The fourth-order valence-corrected chi connectivity index (χ4v) is 3.59. The Bertz CT molecular complexity index is 855. The fraction of sp³-hybridized carbons (Fsp3) is 0.400. The van der Waals surface area contributed by atoms with Crippen LogP contribution in [0.5, 0.6) is 17.4 Å². The SMILES string of the molecule is COc1cc(NC(=O)C2CC[C@H](N)C2)cc(-c2cccc3c2OCCO3)n1. The van der Waals surface area contributed by atoms with Crippen molar-refractivity contribution >= 4 is 11.6 Å². The zero-order chi connectivity index (χ0) is 18.8. The van der Waals surface area contributed by atoms with Gasteiger partial charge in [-0.3, -0.25) is 4.79 Å². The molecule has 0 radical (unpaired) electrons. The van der Waals surface area contributed by atoms with Crippen LogP contribution in [-0.2, 0) is 4.79 Å². The zero-order valence-electron chi connectivity index (χ0n) is 15.2. The summed E-state index contributed by atoms with van der Waals surface area (Å²) in [6.45, 7) is 1.01. The molecule has 2 heterocycles. The second kappa shape index (κ2) is 7.44. The van der Waals surface area contributed by atoms with Crippen LogP contribution in [-0.4, -0.2) is 37.3 Å². The van der Waals surface area contributed by atoms with Crippen molar-refractivity contribution in [2.24, 2.45) is 11.7 Å². The molecule has 0 bridgehead atoms. The van der Waals surface area contributed by atoms with Crippen LogP contribution in [0.2, 0.25) is 0 Å². The lowest BCUT2D eigenvalue weighted by atomic mass is 10.1. The molecular weight excluding hydrogens is 346 g/mol. The first-order chi connectivity index (χ1) is 13.1. The Morgan fingerprint density at radius 3 is 2.89 bits per heavy atom. The predicted molar refractivity (Wildman–Crippen MR) is 101 cm³/mol. The maximum atomic E-state index is 12.6. The fourth-order valence-electron chi connectivity index (χ4n) is 3.59. The summed E-state index contributed by atoms with van der Waals surface area (Å²) < 4.78 is 16.8. The van der Waals surface area contributed by atoms with Gasteiger partial charge in [0.25, 0.3) is 0 Å². The van der Waals surface area contributed by atoms with Crippen molar-refractivity contribution in [2.75, 3.05) is 25.6 Å². The van der Waals surface area contributed by atoms with Gasteiger partial charge in [0.1, 0.15) is 13.2 Å². The van der Waals surface area contributed by atoms with E-state index in [1.54, 1.807) is 13.2 Å². The Kier molecular flexibility index (Phi) is 4.85. The van der Waals surface area contributed by atoms with E-state index >= 15 is 0 Å². The molecule has 2 aromatic rings. The van der Waals surface area contributed by atoms with E-state index in [0.29, 0.717) is 42.0 Å².